The molecule has 16 nitrogen and oxygen atoms in total. The zero-order valence-corrected chi connectivity index (χ0v) is 24.6. The van der Waals surface area contributed by atoms with E-state index in [2.05, 4.69) is 26.6 Å². The zero-order chi connectivity index (χ0) is 34.2. The number of nitrogens with zero attached hydrogens (tertiary/aromatic N) is 3. The number of hydrogen-bond donors (Lipinski definition) is 7. The summed E-state index contributed by atoms with van der Waals surface area (Å²) in [5.74, 6) is -6.69. The first-order valence-electron chi connectivity index (χ1n) is 13.6. The second-order valence-electron chi connectivity index (χ2n) is 9.72. The Morgan fingerprint density at radius 1 is 0.978 bits per heavy atom. The summed E-state index contributed by atoms with van der Waals surface area (Å²) in [6.07, 6.45) is 2.89. The van der Waals surface area contributed by atoms with Crippen LogP contribution in [0.4, 0.5) is 5.69 Å². The molecule has 0 radical (unpaired) electrons. The molecule has 1 aliphatic heterocycles. The third-order valence-electron chi connectivity index (χ3n) is 6.55. The molecule has 244 valence electrons. The van der Waals surface area contributed by atoms with Crippen LogP contribution in [0.1, 0.15) is 30.1 Å². The van der Waals surface area contributed by atoms with Crippen molar-refractivity contribution in [2.45, 2.75) is 25.0 Å². The van der Waals surface area contributed by atoms with Crippen molar-refractivity contribution >= 4 is 46.4 Å². The molecule has 2 aromatic carbocycles. The van der Waals surface area contributed by atoms with E-state index >= 15 is 0 Å². The molecule has 0 aliphatic carbocycles. The monoisotopic (exact) mass is 639 g/mol. The van der Waals surface area contributed by atoms with Gasteiger partial charge in [0, 0.05) is 29.9 Å². The van der Waals surface area contributed by atoms with E-state index in [1.165, 1.54) is 0 Å². The second-order valence-corrected chi connectivity index (χ2v) is 9.72. The number of hydrogen-bond acceptors (Lipinski definition) is 11. The van der Waals surface area contributed by atoms with E-state index in [1.807, 2.05) is 24.3 Å². The van der Waals surface area contributed by atoms with Crippen molar-refractivity contribution < 1.29 is 54.2 Å². The summed E-state index contributed by atoms with van der Waals surface area (Å²) in [4.78, 5) is 55.3. The van der Waals surface area contributed by atoms with E-state index in [4.69, 9.17) is 49.6 Å². The van der Waals surface area contributed by atoms with Crippen molar-refractivity contribution in [3.63, 3.8) is 0 Å². The molecule has 2 heterocycles. The lowest BCUT2D eigenvalue weighted by atomic mass is 10.0. The van der Waals surface area contributed by atoms with Gasteiger partial charge < -0.3 is 45.8 Å². The quantitative estimate of drug-likeness (QED) is 0.171. The number of benzene rings is 2. The van der Waals surface area contributed by atoms with Gasteiger partial charge in [-0.15, -0.1) is 0 Å². The minimum Gasteiger partial charge on any atom is -0.497 e. The van der Waals surface area contributed by atoms with Gasteiger partial charge in [0.1, 0.15) is 5.75 Å². The molecule has 0 unspecified atom stereocenters. The average Bonchev–Trinajstić information content (AvgIpc) is 3.04. The number of anilines is 1. The molecule has 1 aromatic heterocycles. The smallest absolute Gasteiger partial charge is 0.414 e. The van der Waals surface area contributed by atoms with Crippen LogP contribution in [0.15, 0.2) is 54.7 Å². The minimum atomic E-state index is -1.82. The first-order chi connectivity index (χ1) is 21.8. The molecule has 7 N–H and O–H groups in total. The number of methoxy groups -OCH3 is 1. The maximum Gasteiger partial charge on any atom is 0.414 e. The summed E-state index contributed by atoms with van der Waals surface area (Å²) in [6.45, 7) is 2.44. The van der Waals surface area contributed by atoms with E-state index in [0.29, 0.717) is 17.8 Å². The Kier molecular flexibility index (Phi) is 14.5. The number of nitrogens with one attached hydrogen (secondary N) is 2. The van der Waals surface area contributed by atoms with Gasteiger partial charge in [-0.3, -0.25) is 9.78 Å². The van der Waals surface area contributed by atoms with Gasteiger partial charge in [-0.1, -0.05) is 6.07 Å². The lowest BCUT2D eigenvalue weighted by Crippen LogP contribution is -2.45. The Morgan fingerprint density at radius 3 is 2.17 bits per heavy atom. The Morgan fingerprint density at radius 2 is 1.61 bits per heavy atom. The van der Waals surface area contributed by atoms with Gasteiger partial charge in [0.2, 0.25) is 5.91 Å². The van der Waals surface area contributed by atoms with Gasteiger partial charge >= 0.3 is 23.9 Å². The van der Waals surface area contributed by atoms with Gasteiger partial charge in [0.25, 0.3) is 0 Å². The van der Waals surface area contributed by atoms with Crippen LogP contribution >= 0.6 is 0 Å². The summed E-state index contributed by atoms with van der Waals surface area (Å²) in [5, 5.41) is 56.5. The maximum absolute atomic E-state index is 12.3. The fourth-order valence-electron chi connectivity index (χ4n) is 4.34. The van der Waals surface area contributed by atoms with Gasteiger partial charge in [-0.05, 0) is 74.0 Å². The third-order valence-corrected chi connectivity index (χ3v) is 6.55. The Labute approximate surface area is 262 Å². The van der Waals surface area contributed by atoms with E-state index in [9.17, 15) is 9.90 Å². The van der Waals surface area contributed by atoms with E-state index < -0.39 is 30.0 Å². The average molecular weight is 640 g/mol. The van der Waals surface area contributed by atoms with Crippen molar-refractivity contribution in [3.8, 4) is 11.8 Å². The highest BCUT2D eigenvalue weighted by Gasteiger charge is 2.23. The number of pyridine rings is 1. The normalized spacial score (nSPS) is 13.4. The highest BCUT2D eigenvalue weighted by molar-refractivity contribution is 6.27. The fraction of sp³-hybridized carbons (Fsp3) is 0.300. The molecule has 0 bridgehead atoms. The van der Waals surface area contributed by atoms with Crippen LogP contribution < -0.4 is 15.4 Å². The van der Waals surface area contributed by atoms with Gasteiger partial charge in [-0.25, -0.2) is 19.2 Å². The number of carbonyl (C=O) groups excluding carboxylic acids is 1. The topological polar surface area (TPSA) is 260 Å². The molecular formula is C30H33N5O11. The van der Waals surface area contributed by atoms with Crippen LogP contribution in [0.2, 0.25) is 0 Å². The number of aliphatic hydroxyl groups is 1. The molecule has 0 spiro atoms. The number of ether oxygens (including phenoxy) is 1. The summed E-state index contributed by atoms with van der Waals surface area (Å²) >= 11 is 0. The van der Waals surface area contributed by atoms with Crippen LogP contribution in [0.25, 0.3) is 10.9 Å². The number of rotatable bonds is 8. The predicted molar refractivity (Wildman–Crippen MR) is 161 cm³/mol. The Bertz CT molecular complexity index is 1530. The molecule has 0 saturated carbocycles. The van der Waals surface area contributed by atoms with E-state index in [0.717, 1.165) is 48.1 Å². The molecule has 1 amide bonds. The number of likely N-dealkylation sites (tertiary alicyclic amines) is 1. The number of carboxylic acid groups (broad SMARTS) is 4. The molecule has 46 heavy (non-hydrogen) atoms. The Hall–Kier alpha value is -5.63. The molecule has 3 aromatic rings. The molecule has 1 saturated heterocycles. The van der Waals surface area contributed by atoms with Gasteiger partial charge in [-0.2, -0.15) is 5.26 Å². The summed E-state index contributed by atoms with van der Waals surface area (Å²) < 4.78 is 5.33. The standard InChI is InChI=1S/C26H29N5O3.2C2H2O4/c1-34-21-5-6-24-23(14-21)22(7-10-28-24)25(32)17-31-11-8-19(9-12-31)29-16-26(33)30-20-4-2-3-18(13-20)15-27;2*3-1(4)2(5)6/h2-7,10,13-14,19,25,29,32H,8-9,11-12,16-17H2,1H3,(H,30,33);2*(H,3,4)(H,5,6)/t25-;;/m0../s1. The number of amides is 1. The van der Waals surface area contributed by atoms with Crippen LogP contribution in [0.3, 0.4) is 0 Å². The number of nitriles is 1. The Balaban J connectivity index is 0.000000522. The number of aliphatic carboxylic acids is 4. The van der Waals surface area contributed by atoms with Crippen molar-refractivity contribution in [3.05, 3.63) is 65.9 Å². The predicted octanol–water partition coefficient (Wildman–Crippen LogP) is 1.15. The minimum absolute atomic E-state index is 0.132. The van der Waals surface area contributed by atoms with Crippen LogP contribution in [-0.4, -0.2) is 105 Å². The van der Waals surface area contributed by atoms with E-state index in [-0.39, 0.29) is 18.5 Å². The lowest BCUT2D eigenvalue weighted by molar-refractivity contribution is -0.159. The number of β-amino-alcohol motifs (C(OH)–C–C–N with tert-alkyl or cyclic N) is 1. The number of fused-ring (bicyclic) bond motifs is 1. The second kappa shape index (κ2) is 18.2. The molecular weight excluding hydrogens is 606 g/mol. The summed E-state index contributed by atoms with van der Waals surface area (Å²) in [5.41, 5.74) is 2.81. The van der Waals surface area contributed by atoms with Crippen LogP contribution in [-0.2, 0) is 24.0 Å². The SMILES string of the molecule is COc1ccc2nccc([C@@H](O)CN3CCC(NCC(=O)Nc4cccc(C#N)c4)CC3)c2c1.O=C(O)C(=O)O.O=C(O)C(=O)O. The number of carbonyl (C=O) groups is 5. The van der Waals surface area contributed by atoms with Crippen molar-refractivity contribution in [2.75, 3.05) is 38.6 Å². The largest absolute Gasteiger partial charge is 0.497 e. The highest BCUT2D eigenvalue weighted by atomic mass is 16.5. The van der Waals surface area contributed by atoms with Crippen molar-refractivity contribution in [1.82, 2.24) is 15.2 Å². The number of aromatic nitrogens is 1. The molecule has 1 atom stereocenters. The maximum atomic E-state index is 12.3. The molecule has 1 aliphatic rings. The molecule has 1 fully saturated rings. The summed E-state index contributed by atoms with van der Waals surface area (Å²) in [6, 6.07) is 16.7. The van der Waals surface area contributed by atoms with Crippen LogP contribution in [0.5, 0.6) is 5.75 Å². The molecule has 16 heteroatoms. The zero-order valence-electron chi connectivity index (χ0n) is 24.6. The lowest BCUT2D eigenvalue weighted by Gasteiger charge is -2.33. The van der Waals surface area contributed by atoms with E-state index in [1.54, 1.807) is 37.6 Å². The highest BCUT2D eigenvalue weighted by Crippen LogP contribution is 2.27. The fourth-order valence-corrected chi connectivity index (χ4v) is 4.34. The number of piperidine rings is 1. The number of carboxylic acids is 4. The van der Waals surface area contributed by atoms with Gasteiger partial charge in [0.05, 0.1) is 36.9 Å². The van der Waals surface area contributed by atoms with Crippen molar-refractivity contribution in [2.24, 2.45) is 0 Å². The number of aliphatic hydroxyl groups excluding tert-OH is 1. The van der Waals surface area contributed by atoms with Crippen molar-refractivity contribution in [1.29, 1.82) is 5.26 Å². The van der Waals surface area contributed by atoms with Gasteiger partial charge in [0.15, 0.2) is 0 Å². The first kappa shape index (κ1) is 36.6. The third kappa shape index (κ3) is 12.2. The van der Waals surface area contributed by atoms with Crippen LogP contribution in [0, 0.1) is 11.3 Å². The summed E-state index contributed by atoms with van der Waals surface area (Å²) in [7, 11) is 1.63. The first-order valence-corrected chi connectivity index (χ1v) is 13.6. The molecule has 4 rings (SSSR count).